The van der Waals surface area contributed by atoms with Gasteiger partial charge in [0.2, 0.25) is 0 Å². The van der Waals surface area contributed by atoms with Crippen molar-refractivity contribution in [2.75, 3.05) is 13.1 Å². The van der Waals surface area contributed by atoms with Gasteiger partial charge in [0.1, 0.15) is 0 Å². The van der Waals surface area contributed by atoms with Gasteiger partial charge in [-0.3, -0.25) is 4.90 Å². The molecule has 0 radical (unpaired) electrons. The fourth-order valence-electron chi connectivity index (χ4n) is 2.44. The molecule has 2 atom stereocenters. The summed E-state index contributed by atoms with van der Waals surface area (Å²) in [5.74, 6) is 0. The Kier molecular flexibility index (Phi) is 3.04. The molecule has 2 heteroatoms. The van der Waals surface area contributed by atoms with Crippen LogP contribution in [-0.4, -0.2) is 24.0 Å². The first-order valence-corrected chi connectivity index (χ1v) is 6.05. The third-order valence-electron chi connectivity index (χ3n) is 3.88. The van der Waals surface area contributed by atoms with E-state index in [2.05, 4.69) is 56.0 Å². The molecule has 1 aliphatic rings. The summed E-state index contributed by atoms with van der Waals surface area (Å²) in [6.07, 6.45) is 0. The first-order valence-electron chi connectivity index (χ1n) is 6.05. The normalized spacial score (nSPS) is 26.9. The molecule has 0 saturated carbocycles. The van der Waals surface area contributed by atoms with E-state index in [1.54, 1.807) is 0 Å². The van der Waals surface area contributed by atoms with Crippen LogP contribution in [0.1, 0.15) is 32.4 Å². The SMILES string of the molecule is CC(c1ccccc1)N1C[C@H](N)C(C)(C)C1. The molecule has 0 aliphatic carbocycles. The summed E-state index contributed by atoms with van der Waals surface area (Å²) in [5.41, 5.74) is 7.80. The summed E-state index contributed by atoms with van der Waals surface area (Å²) in [4.78, 5) is 2.49. The van der Waals surface area contributed by atoms with E-state index in [1.807, 2.05) is 0 Å². The quantitative estimate of drug-likeness (QED) is 0.826. The maximum atomic E-state index is 6.18. The van der Waals surface area contributed by atoms with Crippen molar-refractivity contribution in [1.29, 1.82) is 0 Å². The van der Waals surface area contributed by atoms with Gasteiger partial charge in [0.25, 0.3) is 0 Å². The fraction of sp³-hybridized carbons (Fsp3) is 0.571. The summed E-state index contributed by atoms with van der Waals surface area (Å²) >= 11 is 0. The van der Waals surface area contributed by atoms with Crippen LogP contribution in [0.2, 0.25) is 0 Å². The van der Waals surface area contributed by atoms with Crippen molar-refractivity contribution < 1.29 is 0 Å². The summed E-state index contributed by atoms with van der Waals surface area (Å²) in [6, 6.07) is 11.4. The van der Waals surface area contributed by atoms with E-state index in [0.29, 0.717) is 12.1 Å². The van der Waals surface area contributed by atoms with Crippen LogP contribution in [0.5, 0.6) is 0 Å². The van der Waals surface area contributed by atoms with E-state index in [4.69, 9.17) is 5.73 Å². The average Bonchev–Trinajstić information content (AvgIpc) is 2.54. The Labute approximate surface area is 98.4 Å². The van der Waals surface area contributed by atoms with Crippen LogP contribution in [-0.2, 0) is 0 Å². The Bertz CT molecular complexity index is 345. The van der Waals surface area contributed by atoms with Gasteiger partial charge in [-0.15, -0.1) is 0 Å². The lowest BCUT2D eigenvalue weighted by molar-refractivity contribution is 0.232. The number of hydrogen-bond donors (Lipinski definition) is 1. The van der Waals surface area contributed by atoms with Gasteiger partial charge < -0.3 is 5.73 Å². The number of benzene rings is 1. The molecule has 0 bridgehead atoms. The van der Waals surface area contributed by atoms with Crippen molar-refractivity contribution in [2.45, 2.75) is 32.9 Å². The van der Waals surface area contributed by atoms with Crippen LogP contribution < -0.4 is 5.73 Å². The maximum Gasteiger partial charge on any atom is 0.0320 e. The molecule has 1 heterocycles. The summed E-state index contributed by atoms with van der Waals surface area (Å²) in [7, 11) is 0. The van der Waals surface area contributed by atoms with Gasteiger partial charge in [0.05, 0.1) is 0 Å². The molecule has 2 N–H and O–H groups in total. The maximum absolute atomic E-state index is 6.18. The molecule has 2 nitrogen and oxygen atoms in total. The Morgan fingerprint density at radius 2 is 1.94 bits per heavy atom. The highest BCUT2D eigenvalue weighted by atomic mass is 15.2. The van der Waals surface area contributed by atoms with Gasteiger partial charge in [-0.2, -0.15) is 0 Å². The van der Waals surface area contributed by atoms with Crippen LogP contribution in [0.4, 0.5) is 0 Å². The topological polar surface area (TPSA) is 29.3 Å². The van der Waals surface area contributed by atoms with Gasteiger partial charge in [0, 0.05) is 25.2 Å². The Morgan fingerprint density at radius 3 is 2.44 bits per heavy atom. The zero-order chi connectivity index (χ0) is 11.8. The third-order valence-corrected chi connectivity index (χ3v) is 3.88. The molecule has 0 aromatic heterocycles. The van der Waals surface area contributed by atoms with Crippen molar-refractivity contribution in [2.24, 2.45) is 11.1 Å². The van der Waals surface area contributed by atoms with Crippen LogP contribution in [0.3, 0.4) is 0 Å². The van der Waals surface area contributed by atoms with Gasteiger partial charge in [0.15, 0.2) is 0 Å². The van der Waals surface area contributed by atoms with E-state index in [0.717, 1.165) is 13.1 Å². The van der Waals surface area contributed by atoms with E-state index in [-0.39, 0.29) is 5.41 Å². The molecule has 1 aliphatic heterocycles. The van der Waals surface area contributed by atoms with Crippen molar-refractivity contribution in [3.63, 3.8) is 0 Å². The highest BCUT2D eigenvalue weighted by Crippen LogP contribution is 2.33. The van der Waals surface area contributed by atoms with Crippen molar-refractivity contribution in [3.05, 3.63) is 35.9 Å². The van der Waals surface area contributed by atoms with Crippen LogP contribution >= 0.6 is 0 Å². The molecule has 88 valence electrons. The smallest absolute Gasteiger partial charge is 0.0320 e. The second kappa shape index (κ2) is 4.19. The Balaban J connectivity index is 2.11. The third kappa shape index (κ3) is 2.13. The van der Waals surface area contributed by atoms with Gasteiger partial charge in [-0.25, -0.2) is 0 Å². The average molecular weight is 218 g/mol. The minimum Gasteiger partial charge on any atom is -0.326 e. The molecule has 16 heavy (non-hydrogen) atoms. The summed E-state index contributed by atoms with van der Waals surface area (Å²) < 4.78 is 0. The zero-order valence-electron chi connectivity index (χ0n) is 10.5. The minimum atomic E-state index is 0.239. The van der Waals surface area contributed by atoms with Crippen molar-refractivity contribution >= 4 is 0 Å². The first kappa shape index (κ1) is 11.6. The Morgan fingerprint density at radius 1 is 1.31 bits per heavy atom. The predicted octanol–water partition coefficient (Wildman–Crippen LogP) is 2.42. The fourth-order valence-corrected chi connectivity index (χ4v) is 2.44. The van der Waals surface area contributed by atoms with Crippen LogP contribution in [0.25, 0.3) is 0 Å². The van der Waals surface area contributed by atoms with E-state index < -0.39 is 0 Å². The van der Waals surface area contributed by atoms with Crippen LogP contribution in [0.15, 0.2) is 30.3 Å². The number of nitrogens with zero attached hydrogens (tertiary/aromatic N) is 1. The molecular weight excluding hydrogens is 196 g/mol. The lowest BCUT2D eigenvalue weighted by atomic mass is 9.89. The van der Waals surface area contributed by atoms with E-state index >= 15 is 0 Å². The van der Waals surface area contributed by atoms with E-state index in [1.165, 1.54) is 5.56 Å². The summed E-state index contributed by atoms with van der Waals surface area (Å²) in [6.45, 7) is 8.88. The Hall–Kier alpha value is -0.860. The standard InChI is InChI=1S/C14H22N2/c1-11(12-7-5-4-6-8-12)16-9-13(15)14(2,3)10-16/h4-8,11,13H,9-10,15H2,1-3H3/t11?,13-/m0/s1. The second-order valence-electron chi connectivity index (χ2n) is 5.61. The highest BCUT2D eigenvalue weighted by molar-refractivity contribution is 5.19. The minimum absolute atomic E-state index is 0.239. The largest absolute Gasteiger partial charge is 0.326 e. The molecule has 1 fully saturated rings. The molecule has 1 unspecified atom stereocenters. The molecule has 1 aromatic rings. The molecule has 0 spiro atoms. The number of nitrogens with two attached hydrogens (primary N) is 1. The highest BCUT2D eigenvalue weighted by Gasteiger charge is 2.38. The second-order valence-corrected chi connectivity index (χ2v) is 5.61. The van der Waals surface area contributed by atoms with Gasteiger partial charge >= 0.3 is 0 Å². The number of hydrogen-bond acceptors (Lipinski definition) is 2. The first-order chi connectivity index (χ1) is 7.50. The van der Waals surface area contributed by atoms with Gasteiger partial charge in [-0.05, 0) is 17.9 Å². The lowest BCUT2D eigenvalue weighted by Gasteiger charge is -2.26. The zero-order valence-corrected chi connectivity index (χ0v) is 10.5. The molecule has 1 aromatic carbocycles. The van der Waals surface area contributed by atoms with E-state index in [9.17, 15) is 0 Å². The number of likely N-dealkylation sites (tertiary alicyclic amines) is 1. The van der Waals surface area contributed by atoms with Crippen molar-refractivity contribution in [3.8, 4) is 0 Å². The molecular formula is C14H22N2. The monoisotopic (exact) mass is 218 g/mol. The molecule has 1 saturated heterocycles. The lowest BCUT2D eigenvalue weighted by Crippen LogP contribution is -2.35. The predicted molar refractivity (Wildman–Crippen MR) is 68.2 cm³/mol. The van der Waals surface area contributed by atoms with Gasteiger partial charge in [-0.1, -0.05) is 44.2 Å². The van der Waals surface area contributed by atoms with Crippen molar-refractivity contribution in [1.82, 2.24) is 4.90 Å². The molecule has 0 amide bonds. The molecule has 2 rings (SSSR count). The summed E-state index contributed by atoms with van der Waals surface area (Å²) in [5, 5.41) is 0. The van der Waals surface area contributed by atoms with Crippen LogP contribution in [0, 0.1) is 5.41 Å². The number of rotatable bonds is 2.